The Balaban J connectivity index is 1.26. The van der Waals surface area contributed by atoms with Crippen molar-refractivity contribution in [3.05, 3.63) is 42.4 Å². The number of piperidine rings is 1. The maximum atomic E-state index is 13.0. The van der Waals surface area contributed by atoms with E-state index >= 15 is 0 Å². The normalized spacial score (nSPS) is 17.3. The summed E-state index contributed by atoms with van der Waals surface area (Å²) in [5.41, 5.74) is 0.609. The lowest BCUT2D eigenvalue weighted by atomic mass is 10.1. The largest absolute Gasteiger partial charge is 0.493 e. The molecule has 0 saturated carbocycles. The molecule has 1 aromatic carbocycles. The number of aromatic nitrogens is 2. The Hall–Kier alpha value is -3.29. The zero-order valence-corrected chi connectivity index (χ0v) is 17.8. The van der Waals surface area contributed by atoms with Crippen LogP contribution in [0.25, 0.3) is 11.0 Å². The van der Waals surface area contributed by atoms with Gasteiger partial charge in [-0.25, -0.2) is 9.97 Å². The summed E-state index contributed by atoms with van der Waals surface area (Å²) in [6.45, 7) is 4.81. The van der Waals surface area contributed by atoms with E-state index in [0.717, 1.165) is 43.2 Å². The van der Waals surface area contributed by atoms with Crippen LogP contribution in [0.5, 0.6) is 5.75 Å². The number of nitrogens with zero attached hydrogens (tertiary/aromatic N) is 5. The molecular weight excluding hydrogens is 394 g/mol. The van der Waals surface area contributed by atoms with Gasteiger partial charge in [-0.1, -0.05) is 12.1 Å². The number of methoxy groups -OCH3 is 1. The third kappa shape index (κ3) is 3.89. The van der Waals surface area contributed by atoms with Crippen molar-refractivity contribution >= 4 is 28.5 Å². The minimum Gasteiger partial charge on any atom is -0.493 e. The van der Waals surface area contributed by atoms with Gasteiger partial charge in [0.15, 0.2) is 17.1 Å². The quantitative estimate of drug-likeness (QED) is 0.640. The summed E-state index contributed by atoms with van der Waals surface area (Å²) >= 11 is 0. The predicted molar refractivity (Wildman–Crippen MR) is 119 cm³/mol. The lowest BCUT2D eigenvalue weighted by Gasteiger charge is -2.35. The number of hydrogen-bond acceptors (Lipinski definition) is 7. The van der Waals surface area contributed by atoms with Crippen molar-refractivity contribution in [3.8, 4) is 5.75 Å². The van der Waals surface area contributed by atoms with E-state index in [1.807, 2.05) is 23.1 Å². The van der Waals surface area contributed by atoms with Crippen molar-refractivity contribution in [1.82, 2.24) is 14.9 Å². The first-order chi connectivity index (χ1) is 15.2. The predicted octanol–water partition coefficient (Wildman–Crippen LogP) is 3.18. The van der Waals surface area contributed by atoms with Gasteiger partial charge in [-0.05, 0) is 31.4 Å². The first kappa shape index (κ1) is 19.7. The Bertz CT molecular complexity index is 1070. The van der Waals surface area contributed by atoms with Gasteiger partial charge in [-0.3, -0.25) is 4.79 Å². The molecule has 0 N–H and O–H groups in total. The van der Waals surface area contributed by atoms with E-state index in [1.165, 1.54) is 19.3 Å². The highest BCUT2D eigenvalue weighted by molar-refractivity contribution is 5.97. The highest BCUT2D eigenvalue weighted by Crippen LogP contribution is 2.29. The van der Waals surface area contributed by atoms with Crippen LogP contribution >= 0.6 is 0 Å². The van der Waals surface area contributed by atoms with Gasteiger partial charge in [0.2, 0.25) is 0 Å². The maximum absolute atomic E-state index is 13.0. The zero-order valence-electron chi connectivity index (χ0n) is 17.8. The minimum atomic E-state index is -0.0883. The third-order valence-corrected chi connectivity index (χ3v) is 6.15. The molecule has 2 aliphatic rings. The Morgan fingerprint density at radius 2 is 1.65 bits per heavy atom. The zero-order chi connectivity index (χ0) is 21.2. The Morgan fingerprint density at radius 3 is 2.35 bits per heavy atom. The smallest absolute Gasteiger partial charge is 0.289 e. The fourth-order valence-corrected chi connectivity index (χ4v) is 4.40. The van der Waals surface area contributed by atoms with Crippen LogP contribution < -0.4 is 14.5 Å². The number of furan rings is 1. The fraction of sp³-hybridized carbons (Fsp3) is 0.435. The van der Waals surface area contributed by atoms with Crippen molar-refractivity contribution in [1.29, 1.82) is 0 Å². The van der Waals surface area contributed by atoms with E-state index < -0.39 is 0 Å². The standard InChI is InChI=1S/C23H27N5O3/c1-30-18-7-5-6-17-14-19(31-22(17)18)23(29)28-12-10-27(11-13-28)21-15-20(24-16-25-21)26-8-3-2-4-9-26/h5-7,14-16H,2-4,8-13H2,1H3. The van der Waals surface area contributed by atoms with Crippen LogP contribution in [-0.2, 0) is 0 Å². The number of benzene rings is 1. The third-order valence-electron chi connectivity index (χ3n) is 6.15. The van der Waals surface area contributed by atoms with E-state index in [-0.39, 0.29) is 5.91 Å². The van der Waals surface area contributed by atoms with Gasteiger partial charge in [-0.2, -0.15) is 0 Å². The molecule has 0 spiro atoms. The van der Waals surface area contributed by atoms with Gasteiger partial charge in [0.1, 0.15) is 18.0 Å². The molecule has 1 amide bonds. The van der Waals surface area contributed by atoms with Crippen LogP contribution in [0.2, 0.25) is 0 Å². The molecule has 4 heterocycles. The van der Waals surface area contributed by atoms with E-state index in [1.54, 1.807) is 19.5 Å². The summed E-state index contributed by atoms with van der Waals surface area (Å²) in [7, 11) is 1.60. The molecule has 0 aliphatic carbocycles. The molecule has 8 heteroatoms. The van der Waals surface area contributed by atoms with E-state index in [9.17, 15) is 4.79 Å². The highest BCUT2D eigenvalue weighted by Gasteiger charge is 2.26. The van der Waals surface area contributed by atoms with Crippen LogP contribution in [0.4, 0.5) is 11.6 Å². The van der Waals surface area contributed by atoms with Gasteiger partial charge in [-0.15, -0.1) is 0 Å². The fourth-order valence-electron chi connectivity index (χ4n) is 4.40. The summed E-state index contributed by atoms with van der Waals surface area (Å²) in [5.74, 6) is 2.82. The first-order valence-electron chi connectivity index (χ1n) is 10.9. The average Bonchev–Trinajstić information content (AvgIpc) is 3.29. The monoisotopic (exact) mass is 421 g/mol. The van der Waals surface area contributed by atoms with Crippen LogP contribution in [0.1, 0.15) is 29.8 Å². The molecule has 0 radical (unpaired) electrons. The number of piperazine rings is 1. The topological polar surface area (TPSA) is 74.9 Å². The SMILES string of the molecule is COc1cccc2cc(C(=O)N3CCN(c4cc(N5CCCCC5)ncn4)CC3)oc12. The number of fused-ring (bicyclic) bond motifs is 1. The van der Waals surface area contributed by atoms with Crippen molar-refractivity contribution in [2.45, 2.75) is 19.3 Å². The average molecular weight is 422 g/mol. The molecule has 0 unspecified atom stereocenters. The molecule has 5 rings (SSSR count). The Morgan fingerprint density at radius 1 is 0.935 bits per heavy atom. The second-order valence-corrected chi connectivity index (χ2v) is 8.05. The van der Waals surface area contributed by atoms with Crippen LogP contribution in [0.3, 0.4) is 0 Å². The Labute approximate surface area is 181 Å². The number of amides is 1. The summed E-state index contributed by atoms with van der Waals surface area (Å²) in [6.07, 6.45) is 5.38. The van der Waals surface area contributed by atoms with Crippen molar-refractivity contribution in [3.63, 3.8) is 0 Å². The van der Waals surface area contributed by atoms with E-state index in [2.05, 4.69) is 25.8 Å². The van der Waals surface area contributed by atoms with Crippen molar-refractivity contribution in [2.75, 3.05) is 56.2 Å². The molecule has 2 fully saturated rings. The van der Waals surface area contributed by atoms with Crippen molar-refractivity contribution in [2.24, 2.45) is 0 Å². The number of para-hydroxylation sites is 1. The summed E-state index contributed by atoms with van der Waals surface area (Å²) in [6, 6.07) is 9.52. The number of anilines is 2. The molecule has 2 aromatic heterocycles. The lowest BCUT2D eigenvalue weighted by molar-refractivity contribution is 0.0716. The summed E-state index contributed by atoms with van der Waals surface area (Å²) in [5, 5.41) is 0.868. The molecule has 8 nitrogen and oxygen atoms in total. The second kappa shape index (κ2) is 8.45. The molecule has 2 aliphatic heterocycles. The van der Waals surface area contributed by atoms with Gasteiger partial charge in [0.05, 0.1) is 7.11 Å². The van der Waals surface area contributed by atoms with Gasteiger partial charge in [0, 0.05) is 50.7 Å². The number of carbonyl (C=O) groups is 1. The number of hydrogen-bond donors (Lipinski definition) is 0. The summed E-state index contributed by atoms with van der Waals surface area (Å²) in [4.78, 5) is 28.4. The lowest BCUT2D eigenvalue weighted by Crippen LogP contribution is -2.49. The van der Waals surface area contributed by atoms with E-state index in [0.29, 0.717) is 30.2 Å². The molecular formula is C23H27N5O3. The molecule has 0 bridgehead atoms. The number of rotatable bonds is 4. The molecule has 2 saturated heterocycles. The highest BCUT2D eigenvalue weighted by atomic mass is 16.5. The van der Waals surface area contributed by atoms with Crippen LogP contribution in [0.15, 0.2) is 41.1 Å². The van der Waals surface area contributed by atoms with Crippen LogP contribution in [0, 0.1) is 0 Å². The maximum Gasteiger partial charge on any atom is 0.289 e. The second-order valence-electron chi connectivity index (χ2n) is 8.05. The van der Waals surface area contributed by atoms with Crippen molar-refractivity contribution < 1.29 is 13.9 Å². The number of carbonyl (C=O) groups excluding carboxylic acids is 1. The molecule has 3 aromatic rings. The van der Waals surface area contributed by atoms with E-state index in [4.69, 9.17) is 9.15 Å². The molecule has 31 heavy (non-hydrogen) atoms. The van der Waals surface area contributed by atoms with Crippen LogP contribution in [-0.4, -0.2) is 67.2 Å². The molecule has 0 atom stereocenters. The number of ether oxygens (including phenoxy) is 1. The Kier molecular flexibility index (Phi) is 5.36. The minimum absolute atomic E-state index is 0.0883. The summed E-state index contributed by atoms with van der Waals surface area (Å²) < 4.78 is 11.2. The molecule has 162 valence electrons. The van der Waals surface area contributed by atoms with Gasteiger partial charge >= 0.3 is 0 Å². The first-order valence-corrected chi connectivity index (χ1v) is 10.9. The van der Waals surface area contributed by atoms with Gasteiger partial charge < -0.3 is 23.9 Å². The van der Waals surface area contributed by atoms with Gasteiger partial charge in [0.25, 0.3) is 5.91 Å².